The molecule has 0 saturated carbocycles. The van der Waals surface area contributed by atoms with E-state index < -0.39 is 0 Å². The van der Waals surface area contributed by atoms with Crippen molar-refractivity contribution >= 4 is 11.6 Å². The molecule has 1 atom stereocenters. The fraction of sp³-hybridized carbons (Fsp3) is 0.435. The Hall–Kier alpha value is -2.53. The van der Waals surface area contributed by atoms with E-state index in [9.17, 15) is 4.79 Å². The molecule has 0 bridgehead atoms. The van der Waals surface area contributed by atoms with E-state index in [0.717, 1.165) is 29.7 Å². The number of nitrogens with zero attached hydrogens (tertiary/aromatic N) is 1. The Bertz CT molecular complexity index is 863. The van der Waals surface area contributed by atoms with Gasteiger partial charge in [0.15, 0.2) is 11.5 Å². The maximum absolute atomic E-state index is 12.8. The highest BCUT2D eigenvalue weighted by Gasteiger charge is 2.20. The lowest BCUT2D eigenvalue weighted by Gasteiger charge is -2.25. The maximum atomic E-state index is 12.8. The number of methoxy groups -OCH3 is 2. The van der Waals surface area contributed by atoms with Crippen molar-refractivity contribution in [1.29, 1.82) is 0 Å². The summed E-state index contributed by atoms with van der Waals surface area (Å²) in [5.74, 6) is 1.42. The SMILES string of the molecule is COc1cc(C)c(CN(C)[C@H](C)C(=O)Nc2ccc3c(c2)CCC3)cc1OC. The summed E-state index contributed by atoms with van der Waals surface area (Å²) in [5.41, 5.74) is 5.87. The quantitative estimate of drug-likeness (QED) is 0.788. The van der Waals surface area contributed by atoms with Gasteiger partial charge in [0.2, 0.25) is 5.91 Å². The molecule has 0 radical (unpaired) electrons. The third-order valence-electron chi connectivity index (χ3n) is 5.67. The van der Waals surface area contributed by atoms with E-state index in [1.165, 1.54) is 17.5 Å². The van der Waals surface area contributed by atoms with Crippen LogP contribution < -0.4 is 14.8 Å². The highest BCUT2D eigenvalue weighted by Crippen LogP contribution is 2.31. The van der Waals surface area contributed by atoms with E-state index in [0.29, 0.717) is 18.0 Å². The molecule has 0 aliphatic heterocycles. The zero-order valence-corrected chi connectivity index (χ0v) is 17.5. The van der Waals surface area contributed by atoms with Gasteiger partial charge in [-0.1, -0.05) is 6.07 Å². The van der Waals surface area contributed by atoms with Gasteiger partial charge in [-0.2, -0.15) is 0 Å². The molecular formula is C23H30N2O3. The summed E-state index contributed by atoms with van der Waals surface area (Å²) in [6, 6.07) is 9.95. The number of anilines is 1. The minimum Gasteiger partial charge on any atom is -0.493 e. The fourth-order valence-electron chi connectivity index (χ4n) is 3.70. The van der Waals surface area contributed by atoms with Crippen molar-refractivity contribution in [2.75, 3.05) is 26.6 Å². The molecule has 5 nitrogen and oxygen atoms in total. The number of benzene rings is 2. The predicted octanol–water partition coefficient (Wildman–Crippen LogP) is 3.96. The van der Waals surface area contributed by atoms with Crippen molar-refractivity contribution in [3.63, 3.8) is 0 Å². The van der Waals surface area contributed by atoms with Crippen molar-refractivity contribution < 1.29 is 14.3 Å². The van der Waals surface area contributed by atoms with Crippen LogP contribution in [-0.2, 0) is 24.2 Å². The number of hydrogen-bond acceptors (Lipinski definition) is 4. The average molecular weight is 383 g/mol. The third-order valence-corrected chi connectivity index (χ3v) is 5.67. The second-order valence-electron chi connectivity index (χ2n) is 7.55. The summed E-state index contributed by atoms with van der Waals surface area (Å²) >= 11 is 0. The molecule has 1 aliphatic rings. The van der Waals surface area contributed by atoms with Gasteiger partial charge in [-0.3, -0.25) is 9.69 Å². The highest BCUT2D eigenvalue weighted by atomic mass is 16.5. The van der Waals surface area contributed by atoms with E-state index in [4.69, 9.17) is 9.47 Å². The van der Waals surface area contributed by atoms with Crippen molar-refractivity contribution in [2.45, 2.75) is 45.7 Å². The number of aryl methyl sites for hydroxylation is 3. The highest BCUT2D eigenvalue weighted by molar-refractivity contribution is 5.94. The largest absolute Gasteiger partial charge is 0.493 e. The normalized spacial score (nSPS) is 13.9. The summed E-state index contributed by atoms with van der Waals surface area (Å²) in [6.07, 6.45) is 3.46. The molecule has 0 fully saturated rings. The number of likely N-dealkylation sites (N-methyl/N-ethyl adjacent to an activating group) is 1. The number of amides is 1. The maximum Gasteiger partial charge on any atom is 0.241 e. The monoisotopic (exact) mass is 382 g/mol. The summed E-state index contributed by atoms with van der Waals surface area (Å²) in [5, 5.41) is 3.07. The van der Waals surface area contributed by atoms with Crippen molar-refractivity contribution in [3.05, 3.63) is 52.6 Å². The van der Waals surface area contributed by atoms with Crippen molar-refractivity contribution in [1.82, 2.24) is 4.90 Å². The van der Waals surface area contributed by atoms with Gasteiger partial charge in [0.05, 0.1) is 20.3 Å². The third kappa shape index (κ3) is 4.30. The van der Waals surface area contributed by atoms with E-state index >= 15 is 0 Å². The molecule has 2 aromatic rings. The van der Waals surface area contributed by atoms with Crippen LogP contribution in [0.1, 0.15) is 35.6 Å². The van der Waals surface area contributed by atoms with Gasteiger partial charge < -0.3 is 14.8 Å². The molecule has 1 aliphatic carbocycles. The summed E-state index contributed by atoms with van der Waals surface area (Å²) in [6.45, 7) is 4.62. The average Bonchev–Trinajstić information content (AvgIpc) is 3.16. The lowest BCUT2D eigenvalue weighted by Crippen LogP contribution is -2.39. The van der Waals surface area contributed by atoms with Gasteiger partial charge in [-0.05, 0) is 86.7 Å². The lowest BCUT2D eigenvalue weighted by atomic mass is 10.1. The van der Waals surface area contributed by atoms with Gasteiger partial charge in [-0.15, -0.1) is 0 Å². The molecule has 0 unspecified atom stereocenters. The molecule has 3 rings (SSSR count). The predicted molar refractivity (Wildman–Crippen MR) is 112 cm³/mol. The zero-order valence-electron chi connectivity index (χ0n) is 17.5. The Kier molecular flexibility index (Phi) is 6.25. The van der Waals surface area contributed by atoms with E-state index in [1.54, 1.807) is 14.2 Å². The van der Waals surface area contributed by atoms with Crippen LogP contribution in [0.4, 0.5) is 5.69 Å². The van der Waals surface area contributed by atoms with Crippen molar-refractivity contribution in [3.8, 4) is 11.5 Å². The van der Waals surface area contributed by atoms with E-state index in [-0.39, 0.29) is 11.9 Å². The van der Waals surface area contributed by atoms with Crippen LogP contribution >= 0.6 is 0 Å². The fourth-order valence-corrected chi connectivity index (χ4v) is 3.70. The second-order valence-corrected chi connectivity index (χ2v) is 7.55. The van der Waals surface area contributed by atoms with Gasteiger partial charge in [0, 0.05) is 12.2 Å². The van der Waals surface area contributed by atoms with Crippen LogP contribution in [0, 0.1) is 6.92 Å². The second kappa shape index (κ2) is 8.65. The van der Waals surface area contributed by atoms with Gasteiger partial charge in [0.25, 0.3) is 0 Å². The van der Waals surface area contributed by atoms with E-state index in [2.05, 4.69) is 17.4 Å². The number of nitrogens with one attached hydrogen (secondary N) is 1. The summed E-state index contributed by atoms with van der Waals surface area (Å²) in [4.78, 5) is 14.8. The molecule has 150 valence electrons. The van der Waals surface area contributed by atoms with Gasteiger partial charge in [-0.25, -0.2) is 0 Å². The first-order chi connectivity index (χ1) is 13.4. The number of ether oxygens (including phenoxy) is 2. The zero-order chi connectivity index (χ0) is 20.3. The Morgan fingerprint density at radius 3 is 2.50 bits per heavy atom. The van der Waals surface area contributed by atoms with Crippen LogP contribution in [0.5, 0.6) is 11.5 Å². The number of hydrogen-bond donors (Lipinski definition) is 1. The van der Waals surface area contributed by atoms with Crippen LogP contribution in [0.3, 0.4) is 0 Å². The number of carbonyl (C=O) groups is 1. The molecule has 1 amide bonds. The number of carbonyl (C=O) groups excluding carboxylic acids is 1. The Balaban J connectivity index is 1.67. The first kappa shape index (κ1) is 20.2. The smallest absolute Gasteiger partial charge is 0.241 e. The molecule has 2 aromatic carbocycles. The van der Waals surface area contributed by atoms with E-state index in [1.807, 2.05) is 44.0 Å². The number of rotatable bonds is 7. The Morgan fingerprint density at radius 2 is 1.79 bits per heavy atom. The summed E-state index contributed by atoms with van der Waals surface area (Å²) < 4.78 is 10.8. The molecule has 5 heteroatoms. The molecule has 0 spiro atoms. The van der Waals surface area contributed by atoms with Gasteiger partial charge >= 0.3 is 0 Å². The molecule has 28 heavy (non-hydrogen) atoms. The molecule has 0 heterocycles. The molecule has 0 saturated heterocycles. The Morgan fingerprint density at radius 1 is 1.11 bits per heavy atom. The first-order valence-corrected chi connectivity index (χ1v) is 9.77. The minimum atomic E-state index is -0.263. The molecular weight excluding hydrogens is 352 g/mol. The molecule has 1 N–H and O–H groups in total. The first-order valence-electron chi connectivity index (χ1n) is 9.77. The molecule has 0 aromatic heterocycles. The van der Waals surface area contributed by atoms with Crippen LogP contribution in [0.25, 0.3) is 0 Å². The number of fused-ring (bicyclic) bond motifs is 1. The summed E-state index contributed by atoms with van der Waals surface area (Å²) in [7, 11) is 5.23. The topological polar surface area (TPSA) is 50.8 Å². The van der Waals surface area contributed by atoms with Crippen LogP contribution in [0.2, 0.25) is 0 Å². The van der Waals surface area contributed by atoms with Crippen LogP contribution in [-0.4, -0.2) is 38.1 Å². The minimum absolute atomic E-state index is 0.00132. The van der Waals surface area contributed by atoms with Crippen molar-refractivity contribution in [2.24, 2.45) is 0 Å². The Labute approximate surface area is 167 Å². The lowest BCUT2D eigenvalue weighted by molar-refractivity contribution is -0.120. The standard InChI is InChI=1S/C23H30N2O3/c1-15-11-21(27-4)22(28-5)13-19(15)14-25(3)16(2)23(26)24-20-10-9-17-7-6-8-18(17)12-20/h9-13,16H,6-8,14H2,1-5H3,(H,24,26)/t16-/m1/s1. The van der Waals surface area contributed by atoms with Gasteiger partial charge in [0.1, 0.15) is 0 Å². The van der Waals surface area contributed by atoms with Crippen LogP contribution in [0.15, 0.2) is 30.3 Å².